The monoisotopic (exact) mass is 409 g/mol. The van der Waals surface area contributed by atoms with Crippen LogP contribution in [-0.4, -0.2) is 0 Å². The molecule has 30 heavy (non-hydrogen) atoms. The molecule has 0 saturated carbocycles. The fourth-order valence-electron chi connectivity index (χ4n) is 3.49. The van der Waals surface area contributed by atoms with E-state index in [0.29, 0.717) is 0 Å². The summed E-state index contributed by atoms with van der Waals surface area (Å²) in [7, 11) is 0. The van der Waals surface area contributed by atoms with E-state index < -0.39 is 0 Å². The van der Waals surface area contributed by atoms with E-state index in [-0.39, 0.29) is 5.41 Å². The molecule has 0 spiro atoms. The second kappa shape index (κ2) is 13.3. The van der Waals surface area contributed by atoms with Gasteiger partial charge in [-0.2, -0.15) is 0 Å². The Balaban J connectivity index is 0.00000407. The van der Waals surface area contributed by atoms with Crippen molar-refractivity contribution in [1.29, 1.82) is 0 Å². The number of unbranched alkanes of at least 4 members (excludes halogenated alkanes) is 2. The fourth-order valence-corrected chi connectivity index (χ4v) is 3.49. The summed E-state index contributed by atoms with van der Waals surface area (Å²) >= 11 is 0. The van der Waals surface area contributed by atoms with Crippen LogP contribution in [0.15, 0.2) is 59.9 Å². The van der Waals surface area contributed by atoms with Crippen molar-refractivity contribution in [1.82, 2.24) is 0 Å². The number of aryl methyl sites for hydroxylation is 1. The standard InChI is InChI=1S/C27H41N.C2H6/c1-11-13-14-15-23-25(27(8,9)10)17-20(5)18-26(23)28-22(7)24(16-19(3)4)21(6)12-2;1-2/h12,16-18,28H,2,7,11,13-15H2,1,3-6,8-10H3;1-2H3/b24-21+;. The van der Waals surface area contributed by atoms with Crippen LogP contribution in [-0.2, 0) is 11.8 Å². The largest absolute Gasteiger partial charge is 0.355 e. The van der Waals surface area contributed by atoms with Crippen molar-refractivity contribution in [2.24, 2.45) is 0 Å². The highest BCUT2D eigenvalue weighted by atomic mass is 14.9. The van der Waals surface area contributed by atoms with E-state index in [4.69, 9.17) is 0 Å². The Bertz CT molecular complexity index is 762. The van der Waals surface area contributed by atoms with Crippen LogP contribution in [0.3, 0.4) is 0 Å². The van der Waals surface area contributed by atoms with Gasteiger partial charge in [-0.15, -0.1) is 0 Å². The fraction of sp³-hybridized carbons (Fsp3) is 0.517. The number of benzene rings is 1. The predicted molar refractivity (Wildman–Crippen MR) is 140 cm³/mol. The molecule has 0 aromatic heterocycles. The van der Waals surface area contributed by atoms with Crippen LogP contribution in [0.2, 0.25) is 0 Å². The maximum absolute atomic E-state index is 4.37. The first-order valence-electron chi connectivity index (χ1n) is 11.6. The van der Waals surface area contributed by atoms with Gasteiger partial charge in [-0.05, 0) is 74.3 Å². The highest BCUT2D eigenvalue weighted by Crippen LogP contribution is 2.34. The second-order valence-corrected chi connectivity index (χ2v) is 9.17. The number of allylic oxidation sites excluding steroid dienone is 4. The van der Waals surface area contributed by atoms with E-state index in [1.807, 2.05) is 19.9 Å². The van der Waals surface area contributed by atoms with Crippen molar-refractivity contribution in [3.05, 3.63) is 76.5 Å². The smallest absolute Gasteiger partial charge is 0.0422 e. The van der Waals surface area contributed by atoms with Crippen molar-refractivity contribution in [2.45, 2.75) is 100 Å². The van der Waals surface area contributed by atoms with Gasteiger partial charge >= 0.3 is 0 Å². The third-order valence-electron chi connectivity index (χ3n) is 5.01. The van der Waals surface area contributed by atoms with Crippen molar-refractivity contribution >= 4 is 5.69 Å². The highest BCUT2D eigenvalue weighted by Gasteiger charge is 2.21. The van der Waals surface area contributed by atoms with Gasteiger partial charge in [-0.1, -0.05) is 91.3 Å². The number of anilines is 1. The van der Waals surface area contributed by atoms with Crippen molar-refractivity contribution in [3.8, 4) is 0 Å². The lowest BCUT2D eigenvalue weighted by Gasteiger charge is -2.27. The third kappa shape index (κ3) is 8.78. The molecule has 0 atom stereocenters. The molecule has 168 valence electrons. The molecule has 1 N–H and O–H groups in total. The topological polar surface area (TPSA) is 12.0 Å². The molecule has 0 aliphatic heterocycles. The summed E-state index contributed by atoms with van der Waals surface area (Å²) in [5.41, 5.74) is 9.90. The second-order valence-electron chi connectivity index (χ2n) is 9.17. The zero-order valence-electron chi connectivity index (χ0n) is 21.6. The number of hydrogen-bond acceptors (Lipinski definition) is 1. The minimum Gasteiger partial charge on any atom is -0.355 e. The Morgan fingerprint density at radius 3 is 2.13 bits per heavy atom. The lowest BCUT2D eigenvalue weighted by atomic mass is 9.80. The predicted octanol–water partition coefficient (Wildman–Crippen LogP) is 9.45. The van der Waals surface area contributed by atoms with Gasteiger partial charge in [0.15, 0.2) is 0 Å². The van der Waals surface area contributed by atoms with Gasteiger partial charge in [0, 0.05) is 17.0 Å². The van der Waals surface area contributed by atoms with Crippen LogP contribution >= 0.6 is 0 Å². The number of rotatable bonds is 9. The van der Waals surface area contributed by atoms with Gasteiger partial charge in [-0.3, -0.25) is 0 Å². The van der Waals surface area contributed by atoms with Crippen LogP contribution in [0.4, 0.5) is 5.69 Å². The SMILES string of the molecule is C=C/C(C)=C(\C=C(C)C)C(=C)Nc1cc(C)cc(C(C)(C)C)c1CCCCC.CC. The molecule has 0 bridgehead atoms. The van der Waals surface area contributed by atoms with E-state index in [1.165, 1.54) is 47.2 Å². The Labute approximate surface area is 188 Å². The normalized spacial score (nSPS) is 11.7. The highest BCUT2D eigenvalue weighted by molar-refractivity contribution is 5.64. The molecular weight excluding hydrogens is 362 g/mol. The van der Waals surface area contributed by atoms with E-state index in [2.05, 4.69) is 92.1 Å². The van der Waals surface area contributed by atoms with Crippen LogP contribution in [0.5, 0.6) is 0 Å². The first-order valence-corrected chi connectivity index (χ1v) is 11.6. The van der Waals surface area contributed by atoms with Gasteiger partial charge in [-0.25, -0.2) is 0 Å². The minimum atomic E-state index is 0.112. The lowest BCUT2D eigenvalue weighted by Crippen LogP contribution is -2.17. The summed E-state index contributed by atoms with van der Waals surface area (Å²) in [4.78, 5) is 0. The van der Waals surface area contributed by atoms with Crippen LogP contribution in [0, 0.1) is 6.92 Å². The van der Waals surface area contributed by atoms with Crippen molar-refractivity contribution in [3.63, 3.8) is 0 Å². The summed E-state index contributed by atoms with van der Waals surface area (Å²) in [6.07, 6.45) is 8.89. The van der Waals surface area contributed by atoms with Gasteiger partial charge in [0.05, 0.1) is 0 Å². The van der Waals surface area contributed by atoms with Gasteiger partial charge in [0.25, 0.3) is 0 Å². The Morgan fingerprint density at radius 2 is 1.67 bits per heavy atom. The molecule has 1 heteroatoms. The lowest BCUT2D eigenvalue weighted by molar-refractivity contribution is 0.578. The zero-order chi connectivity index (χ0) is 23.5. The molecule has 0 saturated heterocycles. The van der Waals surface area contributed by atoms with E-state index >= 15 is 0 Å². The molecule has 0 unspecified atom stereocenters. The molecule has 0 heterocycles. The van der Waals surface area contributed by atoms with E-state index in [9.17, 15) is 0 Å². The van der Waals surface area contributed by atoms with Gasteiger partial charge in [0.1, 0.15) is 0 Å². The summed E-state index contributed by atoms with van der Waals surface area (Å²) in [6.45, 7) is 30.0. The summed E-state index contributed by atoms with van der Waals surface area (Å²) in [5, 5.41) is 3.67. The average molecular weight is 410 g/mol. The first kappa shape index (κ1) is 28.0. The van der Waals surface area contributed by atoms with Crippen LogP contribution in [0.1, 0.15) is 98.3 Å². The van der Waals surface area contributed by atoms with Crippen molar-refractivity contribution < 1.29 is 0 Å². The van der Waals surface area contributed by atoms with Gasteiger partial charge < -0.3 is 5.32 Å². The average Bonchev–Trinajstić information content (AvgIpc) is 2.67. The van der Waals surface area contributed by atoms with E-state index in [0.717, 1.165) is 23.3 Å². The van der Waals surface area contributed by atoms with E-state index in [1.54, 1.807) is 0 Å². The molecule has 1 rings (SSSR count). The van der Waals surface area contributed by atoms with Crippen LogP contribution < -0.4 is 5.32 Å². The Kier molecular flexibility index (Phi) is 12.4. The molecule has 1 aromatic rings. The maximum Gasteiger partial charge on any atom is 0.0422 e. The summed E-state index contributed by atoms with van der Waals surface area (Å²) in [6, 6.07) is 4.63. The molecule has 1 nitrogen and oxygen atoms in total. The molecule has 1 aromatic carbocycles. The minimum absolute atomic E-state index is 0.112. The van der Waals surface area contributed by atoms with Crippen molar-refractivity contribution in [2.75, 3.05) is 5.32 Å². The van der Waals surface area contributed by atoms with Gasteiger partial charge in [0.2, 0.25) is 0 Å². The first-order chi connectivity index (χ1) is 14.0. The third-order valence-corrected chi connectivity index (χ3v) is 5.01. The summed E-state index contributed by atoms with van der Waals surface area (Å²) in [5.74, 6) is 0. The van der Waals surface area contributed by atoms with Crippen LogP contribution in [0.25, 0.3) is 0 Å². The maximum atomic E-state index is 4.37. The Hall–Kier alpha value is -2.02. The Morgan fingerprint density at radius 1 is 1.07 bits per heavy atom. The molecule has 0 aliphatic carbocycles. The summed E-state index contributed by atoms with van der Waals surface area (Å²) < 4.78 is 0. The molecule has 0 aliphatic rings. The quantitative estimate of drug-likeness (QED) is 0.316. The molecular formula is C29H47N. The molecule has 0 fully saturated rings. The molecule has 0 amide bonds. The molecule has 0 radical (unpaired) electrons. The number of nitrogens with one attached hydrogen (secondary N) is 1. The zero-order valence-corrected chi connectivity index (χ0v) is 21.6. The number of hydrogen-bond donors (Lipinski definition) is 1.